The minimum atomic E-state index is -0.493. The average molecular weight is 246 g/mol. The van der Waals surface area contributed by atoms with Crippen LogP contribution in [0.15, 0.2) is 29.2 Å². The van der Waals surface area contributed by atoms with Crippen molar-refractivity contribution in [2.75, 3.05) is 0 Å². The van der Waals surface area contributed by atoms with Gasteiger partial charge in [0, 0.05) is 23.1 Å². The van der Waals surface area contributed by atoms with Crippen LogP contribution in [0.5, 0.6) is 0 Å². The van der Waals surface area contributed by atoms with Gasteiger partial charge in [-0.3, -0.25) is 9.59 Å². The van der Waals surface area contributed by atoms with Crippen LogP contribution >= 0.6 is 0 Å². The Balaban J connectivity index is 2.09. The molecular weight excluding hydrogens is 235 g/mol. The van der Waals surface area contributed by atoms with Crippen molar-refractivity contribution in [1.82, 2.24) is 10.3 Å². The second-order valence-electron chi connectivity index (χ2n) is 4.47. The van der Waals surface area contributed by atoms with Crippen molar-refractivity contribution in [3.05, 3.63) is 46.0 Å². The molecule has 3 rings (SSSR count). The van der Waals surface area contributed by atoms with Gasteiger partial charge in [-0.25, -0.2) is 4.39 Å². The molecule has 1 amide bonds. The van der Waals surface area contributed by atoms with Crippen LogP contribution in [0.25, 0.3) is 10.9 Å². The van der Waals surface area contributed by atoms with Crippen molar-refractivity contribution < 1.29 is 9.18 Å². The van der Waals surface area contributed by atoms with Crippen molar-refractivity contribution in [2.24, 2.45) is 0 Å². The van der Waals surface area contributed by atoms with E-state index in [0.717, 1.165) is 18.9 Å². The molecule has 92 valence electrons. The van der Waals surface area contributed by atoms with Crippen LogP contribution in [0.4, 0.5) is 4.39 Å². The molecule has 2 N–H and O–H groups in total. The number of pyridine rings is 1. The minimum Gasteiger partial charge on any atom is -0.360 e. The van der Waals surface area contributed by atoms with Crippen LogP contribution in [-0.2, 0) is 0 Å². The number of amides is 1. The number of benzene rings is 1. The molecule has 1 fully saturated rings. The first-order valence-corrected chi connectivity index (χ1v) is 5.77. The molecule has 2 aromatic rings. The Hall–Kier alpha value is -2.17. The van der Waals surface area contributed by atoms with E-state index in [1.54, 1.807) is 0 Å². The van der Waals surface area contributed by atoms with Crippen LogP contribution < -0.4 is 10.7 Å². The molecule has 18 heavy (non-hydrogen) atoms. The number of carbonyl (C=O) groups excluding carboxylic acids is 1. The van der Waals surface area contributed by atoms with E-state index in [-0.39, 0.29) is 17.0 Å². The van der Waals surface area contributed by atoms with Gasteiger partial charge in [0.25, 0.3) is 5.91 Å². The quantitative estimate of drug-likeness (QED) is 0.844. The van der Waals surface area contributed by atoms with Crippen LogP contribution in [0.2, 0.25) is 0 Å². The Morgan fingerprint density at radius 1 is 1.39 bits per heavy atom. The molecule has 0 bridgehead atoms. The van der Waals surface area contributed by atoms with E-state index in [9.17, 15) is 14.0 Å². The summed E-state index contributed by atoms with van der Waals surface area (Å²) in [6.07, 6.45) is 3.28. The number of carbonyl (C=O) groups is 1. The predicted octanol–water partition coefficient (Wildman–Crippen LogP) is 1.56. The largest absolute Gasteiger partial charge is 0.360 e. The summed E-state index contributed by atoms with van der Waals surface area (Å²) in [7, 11) is 0. The molecule has 1 heterocycles. The molecule has 4 nitrogen and oxygen atoms in total. The highest BCUT2D eigenvalue weighted by Gasteiger charge is 2.25. The van der Waals surface area contributed by atoms with Gasteiger partial charge in [-0.1, -0.05) is 0 Å². The molecule has 0 unspecified atom stereocenters. The summed E-state index contributed by atoms with van der Waals surface area (Å²) >= 11 is 0. The topological polar surface area (TPSA) is 62.0 Å². The van der Waals surface area contributed by atoms with Gasteiger partial charge in [0.15, 0.2) is 0 Å². The van der Waals surface area contributed by atoms with Crippen LogP contribution in [0.1, 0.15) is 23.2 Å². The summed E-state index contributed by atoms with van der Waals surface area (Å²) in [5.74, 6) is -0.891. The second kappa shape index (κ2) is 3.94. The number of aromatic nitrogens is 1. The lowest BCUT2D eigenvalue weighted by Gasteiger charge is -2.04. The van der Waals surface area contributed by atoms with Crippen LogP contribution in [-0.4, -0.2) is 16.9 Å². The number of H-pyrrole nitrogens is 1. The Kier molecular flexibility index (Phi) is 2.40. The molecule has 1 saturated carbocycles. The Morgan fingerprint density at radius 3 is 2.89 bits per heavy atom. The molecule has 1 aromatic heterocycles. The predicted molar refractivity (Wildman–Crippen MR) is 65.0 cm³/mol. The van der Waals surface area contributed by atoms with Gasteiger partial charge in [-0.2, -0.15) is 0 Å². The van der Waals surface area contributed by atoms with Crippen molar-refractivity contribution in [3.8, 4) is 0 Å². The van der Waals surface area contributed by atoms with Gasteiger partial charge in [0.2, 0.25) is 5.43 Å². The summed E-state index contributed by atoms with van der Waals surface area (Å²) in [5.41, 5.74) is 0.103. The van der Waals surface area contributed by atoms with Crippen LogP contribution in [0.3, 0.4) is 0 Å². The third kappa shape index (κ3) is 1.88. The van der Waals surface area contributed by atoms with Crippen molar-refractivity contribution in [3.63, 3.8) is 0 Å². The van der Waals surface area contributed by atoms with Crippen LogP contribution in [0, 0.1) is 5.82 Å². The van der Waals surface area contributed by atoms with Crippen molar-refractivity contribution in [1.29, 1.82) is 0 Å². The van der Waals surface area contributed by atoms with E-state index >= 15 is 0 Å². The number of halogens is 1. The molecule has 0 atom stereocenters. The Bertz CT molecular complexity index is 689. The lowest BCUT2D eigenvalue weighted by molar-refractivity contribution is 0.0950. The molecular formula is C13H11FN2O2. The highest BCUT2D eigenvalue weighted by molar-refractivity contribution is 5.97. The van der Waals surface area contributed by atoms with Gasteiger partial charge in [-0.15, -0.1) is 0 Å². The third-order valence-electron chi connectivity index (χ3n) is 3.00. The lowest BCUT2D eigenvalue weighted by atomic mass is 10.1. The zero-order chi connectivity index (χ0) is 12.7. The Labute approximate surface area is 102 Å². The molecule has 1 aliphatic carbocycles. The summed E-state index contributed by atoms with van der Waals surface area (Å²) in [6.45, 7) is 0. The number of fused-ring (bicyclic) bond motifs is 1. The average Bonchev–Trinajstić information content (AvgIpc) is 3.14. The maximum Gasteiger partial charge on any atom is 0.256 e. The zero-order valence-electron chi connectivity index (χ0n) is 9.50. The van der Waals surface area contributed by atoms with E-state index in [0.29, 0.717) is 5.52 Å². The van der Waals surface area contributed by atoms with Gasteiger partial charge >= 0.3 is 0 Å². The standard InChI is InChI=1S/C13H11FN2O2/c14-7-1-4-11-9(5-7)12(17)10(6-15-11)13(18)16-8-2-3-8/h1,4-6,8H,2-3H2,(H,15,17)(H,16,18). The monoisotopic (exact) mass is 246 g/mol. The first-order chi connectivity index (χ1) is 8.65. The Morgan fingerprint density at radius 2 is 2.17 bits per heavy atom. The fraction of sp³-hybridized carbons (Fsp3) is 0.231. The second-order valence-corrected chi connectivity index (χ2v) is 4.47. The van der Waals surface area contributed by atoms with E-state index in [1.807, 2.05) is 0 Å². The summed E-state index contributed by atoms with van der Waals surface area (Å²) in [5, 5.41) is 2.93. The number of hydrogen-bond donors (Lipinski definition) is 2. The number of rotatable bonds is 2. The van der Waals surface area contributed by atoms with E-state index in [2.05, 4.69) is 10.3 Å². The van der Waals surface area contributed by atoms with Crippen molar-refractivity contribution >= 4 is 16.8 Å². The van der Waals surface area contributed by atoms with Crippen molar-refractivity contribution in [2.45, 2.75) is 18.9 Å². The third-order valence-corrected chi connectivity index (χ3v) is 3.00. The van der Waals surface area contributed by atoms with E-state index in [1.165, 1.54) is 18.3 Å². The molecule has 0 aliphatic heterocycles. The summed E-state index contributed by atoms with van der Waals surface area (Å²) in [6, 6.07) is 4.07. The normalized spacial score (nSPS) is 14.7. The van der Waals surface area contributed by atoms with Gasteiger partial charge in [0.1, 0.15) is 11.4 Å². The van der Waals surface area contributed by atoms with Gasteiger partial charge in [-0.05, 0) is 31.0 Å². The van der Waals surface area contributed by atoms with Gasteiger partial charge in [0.05, 0.1) is 0 Å². The number of aromatic amines is 1. The maximum atomic E-state index is 13.1. The fourth-order valence-electron chi connectivity index (χ4n) is 1.85. The summed E-state index contributed by atoms with van der Waals surface area (Å²) < 4.78 is 13.1. The lowest BCUT2D eigenvalue weighted by Crippen LogP contribution is -2.30. The summed E-state index contributed by atoms with van der Waals surface area (Å²) in [4.78, 5) is 26.7. The first-order valence-electron chi connectivity index (χ1n) is 5.77. The molecule has 0 radical (unpaired) electrons. The fourth-order valence-corrected chi connectivity index (χ4v) is 1.85. The molecule has 1 aromatic carbocycles. The smallest absolute Gasteiger partial charge is 0.256 e. The number of nitrogens with one attached hydrogen (secondary N) is 2. The number of hydrogen-bond acceptors (Lipinski definition) is 2. The molecule has 5 heteroatoms. The zero-order valence-corrected chi connectivity index (χ0v) is 9.50. The highest BCUT2D eigenvalue weighted by atomic mass is 19.1. The minimum absolute atomic E-state index is 0.0278. The highest BCUT2D eigenvalue weighted by Crippen LogP contribution is 2.19. The molecule has 1 aliphatic rings. The SMILES string of the molecule is O=C(NC1CC1)c1c[nH]c2ccc(F)cc2c1=O. The first kappa shape index (κ1) is 11.0. The maximum absolute atomic E-state index is 13.1. The van der Waals surface area contributed by atoms with Gasteiger partial charge < -0.3 is 10.3 Å². The molecule has 0 spiro atoms. The van der Waals surface area contributed by atoms with E-state index in [4.69, 9.17) is 0 Å². The van der Waals surface area contributed by atoms with E-state index < -0.39 is 17.2 Å². The molecule has 0 saturated heterocycles.